The fraction of sp³-hybridized carbons (Fsp3) is 0.0690. The van der Waals surface area contributed by atoms with Crippen molar-refractivity contribution in [1.29, 1.82) is 0 Å². The molecule has 15 heteroatoms. The van der Waals surface area contributed by atoms with Crippen LogP contribution in [0.1, 0.15) is 10.4 Å². The van der Waals surface area contributed by atoms with Gasteiger partial charge in [-0.05, 0) is 54.6 Å². The third-order valence-electron chi connectivity index (χ3n) is 6.23. The summed E-state index contributed by atoms with van der Waals surface area (Å²) in [6, 6.07) is 13.9. The quantitative estimate of drug-likeness (QED) is 0.227. The van der Waals surface area contributed by atoms with E-state index in [4.69, 9.17) is 13.5 Å². The first-order valence-electron chi connectivity index (χ1n) is 12.7. The number of hydrogen-bond acceptors (Lipinski definition) is 7. The molecule has 0 aliphatic heterocycles. The molecule has 0 aliphatic carbocycles. The molecule has 224 valence electrons. The Balaban J connectivity index is 0.000000906. The van der Waals surface area contributed by atoms with Gasteiger partial charge in [0.2, 0.25) is 0 Å². The van der Waals surface area contributed by atoms with Crippen molar-refractivity contribution >= 4 is 33.6 Å². The Kier molecular flexibility index (Phi) is 8.68. The molecule has 1 amide bonds. The van der Waals surface area contributed by atoms with E-state index < -0.39 is 34.2 Å². The van der Waals surface area contributed by atoms with Gasteiger partial charge in [-0.25, -0.2) is 13.0 Å². The first kappa shape index (κ1) is 29.9. The Bertz CT molecular complexity index is 2040. The molecular weight excluding hydrogens is 596 g/mol. The molecular formula is C29H23F2N7O5S. The highest BCUT2D eigenvalue weighted by atomic mass is 32.2. The largest absolute Gasteiger partial charge is 0.454 e. The van der Waals surface area contributed by atoms with E-state index in [0.29, 0.717) is 11.3 Å². The third kappa shape index (κ3) is 6.58. The molecule has 0 aliphatic rings. The minimum absolute atomic E-state index is 0.0754. The van der Waals surface area contributed by atoms with Gasteiger partial charge in [0.1, 0.15) is 28.2 Å². The maximum atomic E-state index is 15.2. The average molecular weight is 620 g/mol. The SMILES string of the molecule is CS(=O)O.Cn1ncc2cc(Oc3ccc(NC(=O)c4ccnn(-c5ccc(F)cc5)c4=O)cc3F)c(-c3cn[nH]c3)cc21. The number of ether oxygens (including phenoxy) is 1. The van der Waals surface area contributed by atoms with Gasteiger partial charge >= 0.3 is 0 Å². The van der Waals surface area contributed by atoms with Crippen LogP contribution in [0.25, 0.3) is 27.7 Å². The molecule has 3 aromatic carbocycles. The highest BCUT2D eigenvalue weighted by molar-refractivity contribution is 7.78. The van der Waals surface area contributed by atoms with Gasteiger partial charge in [0, 0.05) is 54.0 Å². The lowest BCUT2D eigenvalue weighted by atomic mass is 10.1. The number of rotatable bonds is 6. The van der Waals surface area contributed by atoms with Gasteiger partial charge < -0.3 is 14.6 Å². The van der Waals surface area contributed by atoms with Crippen molar-refractivity contribution in [2.75, 3.05) is 11.6 Å². The van der Waals surface area contributed by atoms with Gasteiger partial charge in [0.15, 0.2) is 11.6 Å². The summed E-state index contributed by atoms with van der Waals surface area (Å²) in [6.45, 7) is 0. The number of aryl methyl sites for hydroxylation is 1. The summed E-state index contributed by atoms with van der Waals surface area (Å²) in [6.07, 6.45) is 7.47. The summed E-state index contributed by atoms with van der Waals surface area (Å²) in [5.41, 5.74) is 1.73. The number of halogens is 2. The second kappa shape index (κ2) is 12.8. The minimum Gasteiger partial charge on any atom is -0.454 e. The van der Waals surface area contributed by atoms with E-state index in [0.717, 1.165) is 27.2 Å². The van der Waals surface area contributed by atoms with E-state index in [2.05, 4.69) is 25.7 Å². The van der Waals surface area contributed by atoms with E-state index in [1.807, 2.05) is 13.1 Å². The lowest BCUT2D eigenvalue weighted by Crippen LogP contribution is -2.29. The lowest BCUT2D eigenvalue weighted by Gasteiger charge is -2.13. The molecule has 44 heavy (non-hydrogen) atoms. The van der Waals surface area contributed by atoms with Gasteiger partial charge in [0.05, 0.1) is 23.6 Å². The number of benzene rings is 3. The molecule has 1 atom stereocenters. The molecule has 0 saturated carbocycles. The van der Waals surface area contributed by atoms with Crippen molar-refractivity contribution in [3.05, 3.63) is 113 Å². The standard InChI is InChI=1S/C28H19F2N7O3.CH4O2S/c1-36-24-12-22(17-13-31-32-14-17)26(10-16(24)15-34-36)40-25-7-4-19(11-23(25)30)35-27(38)21-8-9-33-37(28(21)39)20-5-2-18(29)3-6-20;1-4(2)3/h2-15H,1H3,(H,31,32)(H,35,38);1H3,(H,2,3). The Hall–Kier alpha value is -5.54. The molecule has 0 fully saturated rings. The molecule has 6 aromatic rings. The van der Waals surface area contributed by atoms with Crippen LogP contribution >= 0.6 is 0 Å². The fourth-order valence-corrected chi connectivity index (χ4v) is 4.22. The molecule has 1 unspecified atom stereocenters. The van der Waals surface area contributed by atoms with Gasteiger partial charge in [-0.15, -0.1) is 0 Å². The van der Waals surface area contributed by atoms with Crippen LogP contribution in [0.15, 0.2) is 90.2 Å². The van der Waals surface area contributed by atoms with Gasteiger partial charge in [-0.3, -0.25) is 19.4 Å². The van der Waals surface area contributed by atoms with Gasteiger partial charge in [0.25, 0.3) is 11.5 Å². The number of amides is 1. The predicted molar refractivity (Wildman–Crippen MR) is 159 cm³/mol. The number of nitrogens with one attached hydrogen (secondary N) is 2. The van der Waals surface area contributed by atoms with Crippen LogP contribution in [0.5, 0.6) is 11.5 Å². The van der Waals surface area contributed by atoms with Crippen LogP contribution in [-0.4, -0.2) is 50.7 Å². The lowest BCUT2D eigenvalue weighted by molar-refractivity contribution is 0.102. The number of carbonyl (C=O) groups excluding carboxylic acids is 1. The number of nitrogens with zero attached hydrogens (tertiary/aromatic N) is 5. The van der Waals surface area contributed by atoms with E-state index >= 15 is 4.39 Å². The van der Waals surface area contributed by atoms with Crippen LogP contribution < -0.4 is 15.6 Å². The molecule has 3 N–H and O–H groups in total. The van der Waals surface area contributed by atoms with Crippen molar-refractivity contribution in [2.45, 2.75) is 0 Å². The van der Waals surface area contributed by atoms with E-state index in [9.17, 15) is 14.0 Å². The van der Waals surface area contributed by atoms with Crippen molar-refractivity contribution < 1.29 is 27.1 Å². The second-order valence-corrected chi connectivity index (χ2v) is 10.1. The van der Waals surface area contributed by atoms with Crippen molar-refractivity contribution in [1.82, 2.24) is 29.8 Å². The third-order valence-corrected chi connectivity index (χ3v) is 6.23. The highest BCUT2D eigenvalue weighted by Gasteiger charge is 2.17. The molecule has 0 saturated heterocycles. The summed E-state index contributed by atoms with van der Waals surface area (Å²) in [4.78, 5) is 25.8. The Morgan fingerprint density at radius 1 is 1.02 bits per heavy atom. The van der Waals surface area contributed by atoms with Crippen molar-refractivity contribution in [2.24, 2.45) is 7.05 Å². The smallest absolute Gasteiger partial charge is 0.284 e. The molecule has 3 heterocycles. The summed E-state index contributed by atoms with van der Waals surface area (Å²) in [5.74, 6) is -1.67. The molecule has 0 spiro atoms. The van der Waals surface area contributed by atoms with Crippen LogP contribution in [0.2, 0.25) is 0 Å². The minimum atomic E-state index is -1.61. The maximum absolute atomic E-state index is 15.2. The molecule has 6 rings (SSSR count). The van der Waals surface area contributed by atoms with Crippen LogP contribution in [0.4, 0.5) is 14.5 Å². The zero-order chi connectivity index (χ0) is 31.4. The molecule has 3 aromatic heterocycles. The van der Waals surface area contributed by atoms with E-state index in [-0.39, 0.29) is 22.7 Å². The number of H-pyrrole nitrogens is 1. The first-order valence-corrected chi connectivity index (χ1v) is 14.2. The number of carbonyl (C=O) groups is 1. The molecule has 12 nitrogen and oxygen atoms in total. The number of aromatic nitrogens is 6. The molecule has 0 bridgehead atoms. The van der Waals surface area contributed by atoms with Crippen LogP contribution in [0, 0.1) is 11.6 Å². The topological polar surface area (TPSA) is 157 Å². The summed E-state index contributed by atoms with van der Waals surface area (Å²) < 4.78 is 53.7. The van der Waals surface area contributed by atoms with Gasteiger partial charge in [-0.1, -0.05) is 0 Å². The second-order valence-electron chi connectivity index (χ2n) is 9.23. The number of fused-ring (bicyclic) bond motifs is 1. The monoisotopic (exact) mass is 619 g/mol. The number of hydrogen-bond donors (Lipinski definition) is 3. The summed E-state index contributed by atoms with van der Waals surface area (Å²) >= 11 is -1.61. The number of anilines is 1. The zero-order valence-corrected chi connectivity index (χ0v) is 23.9. The fourth-order valence-electron chi connectivity index (χ4n) is 4.22. The van der Waals surface area contributed by atoms with E-state index in [1.165, 1.54) is 54.9 Å². The predicted octanol–water partition coefficient (Wildman–Crippen LogP) is 4.67. The summed E-state index contributed by atoms with van der Waals surface area (Å²) in [5, 5.41) is 18.3. The Labute approximate surface area is 250 Å². The maximum Gasteiger partial charge on any atom is 0.284 e. The van der Waals surface area contributed by atoms with Gasteiger partial charge in [-0.2, -0.15) is 20.0 Å². The molecule has 0 radical (unpaired) electrons. The average Bonchev–Trinajstić information content (AvgIpc) is 3.64. The highest BCUT2D eigenvalue weighted by Crippen LogP contribution is 2.37. The van der Waals surface area contributed by atoms with Crippen molar-refractivity contribution in [3.63, 3.8) is 0 Å². The number of aromatic amines is 1. The van der Waals surface area contributed by atoms with Crippen molar-refractivity contribution in [3.8, 4) is 28.3 Å². The zero-order valence-electron chi connectivity index (χ0n) is 23.1. The Morgan fingerprint density at radius 2 is 1.77 bits per heavy atom. The normalized spacial score (nSPS) is 11.5. The van der Waals surface area contributed by atoms with Crippen LogP contribution in [0.3, 0.4) is 0 Å². The van der Waals surface area contributed by atoms with E-state index in [1.54, 1.807) is 29.3 Å². The summed E-state index contributed by atoms with van der Waals surface area (Å²) in [7, 11) is 1.82. The van der Waals surface area contributed by atoms with Crippen LogP contribution in [-0.2, 0) is 18.1 Å². The Morgan fingerprint density at radius 3 is 2.45 bits per heavy atom. The first-order chi connectivity index (χ1) is 21.1.